The van der Waals surface area contributed by atoms with Crippen LogP contribution in [0.4, 0.5) is 0 Å². The third kappa shape index (κ3) is 2.88. The molecule has 1 atom stereocenters. The smallest absolute Gasteiger partial charge is 0.335 e. The van der Waals surface area contributed by atoms with Crippen LogP contribution in [0.5, 0.6) is 5.75 Å². The van der Waals surface area contributed by atoms with E-state index >= 15 is 0 Å². The van der Waals surface area contributed by atoms with E-state index in [-0.39, 0.29) is 22.4 Å². The largest absolute Gasteiger partial charge is 0.508 e. The molecule has 0 saturated heterocycles. The number of amides is 2. The molecule has 2 aromatic rings. The molecular weight excluding hydrogens is 342 g/mol. The van der Waals surface area contributed by atoms with Crippen LogP contribution >= 0.6 is 0 Å². The number of hydrogen-bond acceptors (Lipinski definition) is 5. The Bertz CT molecular complexity index is 933. The lowest BCUT2D eigenvalue weighted by Crippen LogP contribution is -2.35. The summed E-state index contributed by atoms with van der Waals surface area (Å²) in [6.07, 6.45) is -0.526. The van der Waals surface area contributed by atoms with Gasteiger partial charge in [0.1, 0.15) is 5.75 Å². The third-order valence-electron chi connectivity index (χ3n) is 4.12. The number of aromatic carboxylic acids is 1. The van der Waals surface area contributed by atoms with Gasteiger partial charge in [-0.15, -0.1) is 0 Å². The van der Waals surface area contributed by atoms with E-state index in [1.54, 1.807) is 0 Å². The second-order valence-electron chi connectivity index (χ2n) is 5.75. The number of nitrogens with zero attached hydrogens (tertiary/aromatic N) is 1. The van der Waals surface area contributed by atoms with Gasteiger partial charge in [-0.25, -0.2) is 4.79 Å². The maximum absolute atomic E-state index is 12.7. The summed E-state index contributed by atoms with van der Waals surface area (Å²) < 4.78 is 0. The molecule has 0 spiro atoms. The Hall–Kier alpha value is -3.68. The monoisotopic (exact) mass is 355 g/mol. The van der Waals surface area contributed by atoms with Crippen molar-refractivity contribution in [1.29, 1.82) is 0 Å². The van der Waals surface area contributed by atoms with Crippen molar-refractivity contribution in [3.63, 3.8) is 0 Å². The van der Waals surface area contributed by atoms with E-state index in [0.29, 0.717) is 5.56 Å². The van der Waals surface area contributed by atoms with Gasteiger partial charge in [-0.2, -0.15) is 0 Å². The zero-order valence-electron chi connectivity index (χ0n) is 13.2. The minimum atomic E-state index is -1.24. The number of aliphatic carboxylic acids is 1. The lowest BCUT2D eigenvalue weighted by atomic mass is 10.0. The van der Waals surface area contributed by atoms with Gasteiger partial charge >= 0.3 is 11.9 Å². The molecule has 0 radical (unpaired) electrons. The van der Waals surface area contributed by atoms with Gasteiger partial charge < -0.3 is 15.3 Å². The average Bonchev–Trinajstić information content (AvgIpc) is 2.84. The van der Waals surface area contributed by atoms with E-state index in [9.17, 15) is 29.4 Å². The average molecular weight is 355 g/mol. The fourth-order valence-corrected chi connectivity index (χ4v) is 2.90. The molecule has 2 aromatic carbocycles. The topological polar surface area (TPSA) is 132 Å². The van der Waals surface area contributed by atoms with E-state index < -0.39 is 36.2 Å². The van der Waals surface area contributed by atoms with Crippen LogP contribution in [0.2, 0.25) is 0 Å². The third-order valence-corrected chi connectivity index (χ3v) is 4.12. The molecule has 0 aliphatic carbocycles. The normalized spacial score (nSPS) is 14.2. The summed E-state index contributed by atoms with van der Waals surface area (Å²) in [6, 6.07) is 7.97. The molecule has 1 aliphatic rings. The van der Waals surface area contributed by atoms with Gasteiger partial charge in [0.2, 0.25) is 0 Å². The van der Waals surface area contributed by atoms with Crippen LogP contribution in [0.3, 0.4) is 0 Å². The van der Waals surface area contributed by atoms with E-state index in [1.807, 2.05) is 0 Å². The van der Waals surface area contributed by atoms with Crippen molar-refractivity contribution in [1.82, 2.24) is 4.90 Å². The van der Waals surface area contributed by atoms with Crippen LogP contribution in [-0.2, 0) is 4.79 Å². The molecule has 0 aromatic heterocycles. The number of rotatable bonds is 5. The van der Waals surface area contributed by atoms with Crippen LogP contribution < -0.4 is 0 Å². The van der Waals surface area contributed by atoms with Gasteiger partial charge in [-0.1, -0.05) is 12.1 Å². The summed E-state index contributed by atoms with van der Waals surface area (Å²) in [4.78, 5) is 48.6. The molecule has 3 rings (SSSR count). The van der Waals surface area contributed by atoms with Crippen molar-refractivity contribution in [3.8, 4) is 5.75 Å². The van der Waals surface area contributed by atoms with E-state index in [4.69, 9.17) is 5.11 Å². The Morgan fingerprint density at radius 3 is 2.12 bits per heavy atom. The van der Waals surface area contributed by atoms with Crippen LogP contribution in [0.25, 0.3) is 0 Å². The van der Waals surface area contributed by atoms with Crippen LogP contribution in [-0.4, -0.2) is 44.0 Å². The Morgan fingerprint density at radius 1 is 0.923 bits per heavy atom. The predicted molar refractivity (Wildman–Crippen MR) is 87.0 cm³/mol. The van der Waals surface area contributed by atoms with Crippen molar-refractivity contribution in [2.45, 2.75) is 12.5 Å². The summed E-state index contributed by atoms with van der Waals surface area (Å²) in [7, 11) is 0. The van der Waals surface area contributed by atoms with Crippen molar-refractivity contribution in [2.24, 2.45) is 0 Å². The fourth-order valence-electron chi connectivity index (χ4n) is 2.90. The molecule has 2 amide bonds. The van der Waals surface area contributed by atoms with Crippen molar-refractivity contribution >= 4 is 23.8 Å². The molecule has 8 nitrogen and oxygen atoms in total. The van der Waals surface area contributed by atoms with Gasteiger partial charge in [0.15, 0.2) is 0 Å². The number of fused-ring (bicyclic) bond motifs is 1. The molecule has 3 N–H and O–H groups in total. The second-order valence-corrected chi connectivity index (χ2v) is 5.75. The zero-order valence-corrected chi connectivity index (χ0v) is 13.2. The fraction of sp³-hybridized carbons (Fsp3) is 0.111. The van der Waals surface area contributed by atoms with Crippen molar-refractivity contribution in [3.05, 3.63) is 64.7 Å². The van der Waals surface area contributed by atoms with E-state index in [0.717, 1.165) is 11.0 Å². The molecular formula is C18H13NO7. The van der Waals surface area contributed by atoms with E-state index in [2.05, 4.69) is 0 Å². The number of imide groups is 1. The van der Waals surface area contributed by atoms with Crippen LogP contribution in [0.15, 0.2) is 42.5 Å². The number of carboxylic acids is 2. The number of carbonyl (C=O) groups excluding carboxylic acids is 2. The maximum Gasteiger partial charge on any atom is 0.335 e. The first-order valence-corrected chi connectivity index (χ1v) is 7.55. The highest BCUT2D eigenvalue weighted by molar-refractivity contribution is 6.22. The summed E-state index contributed by atoms with van der Waals surface area (Å²) in [5, 5.41) is 27.6. The Kier molecular flexibility index (Phi) is 4.17. The summed E-state index contributed by atoms with van der Waals surface area (Å²) in [5.41, 5.74) is 0.155. The summed E-state index contributed by atoms with van der Waals surface area (Å²) >= 11 is 0. The minimum Gasteiger partial charge on any atom is -0.508 e. The second kappa shape index (κ2) is 6.32. The molecule has 8 heteroatoms. The highest BCUT2D eigenvalue weighted by atomic mass is 16.4. The highest BCUT2D eigenvalue weighted by Crippen LogP contribution is 2.34. The summed E-state index contributed by atoms with van der Waals surface area (Å²) in [6.45, 7) is 0. The molecule has 0 bridgehead atoms. The van der Waals surface area contributed by atoms with Gasteiger partial charge in [0.25, 0.3) is 11.8 Å². The lowest BCUT2D eigenvalue weighted by molar-refractivity contribution is -0.138. The molecule has 1 aliphatic heterocycles. The Balaban J connectivity index is 2.06. The van der Waals surface area contributed by atoms with Gasteiger partial charge in [0, 0.05) is 0 Å². The minimum absolute atomic E-state index is 0.0224. The Labute approximate surface area is 146 Å². The lowest BCUT2D eigenvalue weighted by Gasteiger charge is -2.25. The standard InChI is InChI=1S/C18H13NO7/c20-11-4-1-9(2-5-11)14(8-15(21)22)19-16(23)12-6-3-10(18(25)26)7-13(12)17(19)24/h1-7,14,20H,8H2,(H,21,22)(H,25,26). The maximum atomic E-state index is 12.7. The molecule has 1 unspecified atom stereocenters. The predicted octanol–water partition coefficient (Wildman–Crippen LogP) is 1.90. The number of phenols is 1. The van der Waals surface area contributed by atoms with Crippen molar-refractivity contribution in [2.75, 3.05) is 0 Å². The zero-order chi connectivity index (χ0) is 19.0. The molecule has 0 fully saturated rings. The number of aromatic hydroxyl groups is 1. The summed E-state index contributed by atoms with van der Waals surface area (Å²) in [5.74, 6) is -3.96. The number of carbonyl (C=O) groups is 4. The molecule has 26 heavy (non-hydrogen) atoms. The number of phenolic OH excluding ortho intramolecular Hbond substituents is 1. The Morgan fingerprint density at radius 2 is 1.54 bits per heavy atom. The first-order chi connectivity index (χ1) is 12.3. The first-order valence-electron chi connectivity index (χ1n) is 7.55. The van der Waals surface area contributed by atoms with E-state index in [1.165, 1.54) is 36.4 Å². The van der Waals surface area contributed by atoms with Crippen LogP contribution in [0, 0.1) is 0 Å². The van der Waals surface area contributed by atoms with Crippen molar-refractivity contribution < 1.29 is 34.5 Å². The SMILES string of the molecule is O=C(O)CC(c1ccc(O)cc1)N1C(=O)c2ccc(C(=O)O)cc2C1=O. The molecule has 1 heterocycles. The number of carboxylic acid groups (broad SMARTS) is 2. The number of hydrogen-bond donors (Lipinski definition) is 3. The molecule has 132 valence electrons. The van der Waals surface area contributed by atoms with Crippen LogP contribution in [0.1, 0.15) is 49.1 Å². The highest BCUT2D eigenvalue weighted by Gasteiger charge is 2.41. The van der Waals surface area contributed by atoms with Gasteiger partial charge in [0.05, 0.1) is 29.2 Å². The molecule has 0 saturated carbocycles. The number of benzene rings is 2. The quantitative estimate of drug-likeness (QED) is 0.698. The first kappa shape index (κ1) is 17.2. The van der Waals surface area contributed by atoms with Gasteiger partial charge in [-0.3, -0.25) is 19.3 Å². The van der Waals surface area contributed by atoms with Gasteiger partial charge in [-0.05, 0) is 35.9 Å².